The van der Waals surface area contributed by atoms with E-state index in [2.05, 4.69) is 19.1 Å². The molecule has 114 valence electrons. The molecule has 1 nitrogen and oxygen atoms in total. The highest BCUT2D eigenvalue weighted by Gasteiger charge is 1.90. The maximum Gasteiger partial charge on any atom is 1.00 e. The maximum atomic E-state index is 8.66. The lowest BCUT2D eigenvalue weighted by atomic mass is 10.1. The number of hydrogen-bond donors (Lipinski definition) is 1. The van der Waals surface area contributed by atoms with Crippen molar-refractivity contribution in [2.75, 3.05) is 6.61 Å². The standard InChI is InChI=1S/C18H36O/c1-2-3-4-5-6-7-8-9-10-11-12-13-14-15-16-17-18-19/h9-10,19H,2-8,11-18H2,1H3/p+1/b10-9-. The van der Waals surface area contributed by atoms with Gasteiger partial charge in [0, 0.05) is 6.61 Å². The summed E-state index contributed by atoms with van der Waals surface area (Å²) in [6, 6.07) is 0. The molecule has 0 bridgehead atoms. The van der Waals surface area contributed by atoms with Gasteiger partial charge in [0.2, 0.25) is 0 Å². The van der Waals surface area contributed by atoms with E-state index in [0.717, 1.165) is 6.42 Å². The first-order chi connectivity index (χ1) is 9.41. The van der Waals surface area contributed by atoms with Crippen molar-refractivity contribution < 1.29 is 6.53 Å². The van der Waals surface area contributed by atoms with Gasteiger partial charge in [-0.1, -0.05) is 76.9 Å². The highest BCUT2D eigenvalue weighted by molar-refractivity contribution is 4.81. The average Bonchev–Trinajstić information content (AvgIpc) is 2.43. The molecule has 0 spiro atoms. The van der Waals surface area contributed by atoms with E-state index in [1.165, 1.54) is 83.5 Å². The average molecular weight is 269 g/mol. The summed E-state index contributed by atoms with van der Waals surface area (Å²) in [6.07, 6.45) is 23.2. The van der Waals surface area contributed by atoms with Crippen molar-refractivity contribution in [2.45, 2.75) is 96.8 Å². The van der Waals surface area contributed by atoms with Crippen LogP contribution in [0.3, 0.4) is 0 Å². The lowest BCUT2D eigenvalue weighted by Gasteiger charge is -1.99. The van der Waals surface area contributed by atoms with Gasteiger partial charge >= 0.3 is 1.43 Å². The van der Waals surface area contributed by atoms with Crippen LogP contribution in [0.5, 0.6) is 0 Å². The molecular formula is C18H37O+. The van der Waals surface area contributed by atoms with Crippen molar-refractivity contribution in [3.63, 3.8) is 0 Å². The van der Waals surface area contributed by atoms with E-state index >= 15 is 0 Å². The largest absolute Gasteiger partial charge is 1.00 e. The van der Waals surface area contributed by atoms with Crippen molar-refractivity contribution in [3.05, 3.63) is 12.2 Å². The zero-order chi connectivity index (χ0) is 14.0. The van der Waals surface area contributed by atoms with Gasteiger partial charge in [-0.15, -0.1) is 0 Å². The first kappa shape index (κ1) is 18.7. The lowest BCUT2D eigenvalue weighted by molar-refractivity contribution is 0.282. The number of aliphatic hydroxyl groups excluding tert-OH is 1. The van der Waals surface area contributed by atoms with E-state index < -0.39 is 0 Å². The van der Waals surface area contributed by atoms with E-state index in [1.54, 1.807) is 0 Å². The summed E-state index contributed by atoms with van der Waals surface area (Å²) >= 11 is 0. The smallest absolute Gasteiger partial charge is 0.396 e. The molecule has 19 heavy (non-hydrogen) atoms. The van der Waals surface area contributed by atoms with Gasteiger partial charge in [-0.2, -0.15) is 0 Å². The Morgan fingerprint density at radius 3 is 1.53 bits per heavy atom. The van der Waals surface area contributed by atoms with Crippen LogP contribution in [0.1, 0.15) is 98.2 Å². The van der Waals surface area contributed by atoms with E-state index in [-0.39, 0.29) is 1.43 Å². The third kappa shape index (κ3) is 17.7. The van der Waals surface area contributed by atoms with Gasteiger partial charge in [0.1, 0.15) is 0 Å². The number of aliphatic hydroxyl groups is 1. The molecule has 0 saturated heterocycles. The normalized spacial score (nSPS) is 11.5. The molecule has 0 aliphatic carbocycles. The van der Waals surface area contributed by atoms with Gasteiger partial charge in [-0.05, 0) is 32.1 Å². The summed E-state index contributed by atoms with van der Waals surface area (Å²) in [5.41, 5.74) is 0. The van der Waals surface area contributed by atoms with E-state index in [0.29, 0.717) is 6.61 Å². The molecule has 0 unspecified atom stereocenters. The van der Waals surface area contributed by atoms with Crippen LogP contribution in [0.15, 0.2) is 12.2 Å². The van der Waals surface area contributed by atoms with Gasteiger partial charge < -0.3 is 5.11 Å². The highest BCUT2D eigenvalue weighted by atomic mass is 16.2. The van der Waals surface area contributed by atoms with Crippen molar-refractivity contribution in [1.29, 1.82) is 0 Å². The van der Waals surface area contributed by atoms with Crippen LogP contribution < -0.4 is 0 Å². The van der Waals surface area contributed by atoms with Crippen LogP contribution in [-0.4, -0.2) is 11.7 Å². The second kappa shape index (κ2) is 17.7. The Bertz CT molecular complexity index is 180. The quantitative estimate of drug-likeness (QED) is 0.280. The van der Waals surface area contributed by atoms with Crippen molar-refractivity contribution in [1.82, 2.24) is 0 Å². The fraction of sp³-hybridized carbons (Fsp3) is 0.889. The molecule has 1 N–H and O–H groups in total. The summed E-state index contributed by atoms with van der Waals surface area (Å²) in [6.45, 7) is 2.64. The number of hydrogen-bond acceptors (Lipinski definition) is 1. The Hall–Kier alpha value is -0.300. The minimum absolute atomic E-state index is 0. The molecule has 0 amide bonds. The molecule has 0 aromatic heterocycles. The topological polar surface area (TPSA) is 20.2 Å². The lowest BCUT2D eigenvalue weighted by Crippen LogP contribution is -1.83. The zero-order valence-corrected chi connectivity index (χ0v) is 13.2. The van der Waals surface area contributed by atoms with Gasteiger partial charge in [-0.3, -0.25) is 0 Å². The second-order valence-corrected chi connectivity index (χ2v) is 5.66. The third-order valence-electron chi connectivity index (χ3n) is 3.67. The Balaban J connectivity index is 0. The molecule has 0 saturated carbocycles. The Morgan fingerprint density at radius 2 is 1.05 bits per heavy atom. The monoisotopic (exact) mass is 269 g/mol. The van der Waals surface area contributed by atoms with Crippen LogP contribution in [-0.2, 0) is 0 Å². The SMILES string of the molecule is CCCCCCCC/C=C\CCCCCCCCO.[H+]. The molecule has 0 aromatic carbocycles. The molecule has 0 heterocycles. The Kier molecular flexibility index (Phi) is 17.4. The Labute approximate surface area is 123 Å². The van der Waals surface area contributed by atoms with Crippen LogP contribution in [0.2, 0.25) is 0 Å². The van der Waals surface area contributed by atoms with Gasteiger partial charge in [0.05, 0.1) is 0 Å². The minimum Gasteiger partial charge on any atom is -0.396 e. The summed E-state index contributed by atoms with van der Waals surface area (Å²) in [5.74, 6) is 0. The molecule has 0 fully saturated rings. The number of rotatable bonds is 15. The molecule has 0 aliphatic heterocycles. The second-order valence-electron chi connectivity index (χ2n) is 5.66. The fourth-order valence-electron chi connectivity index (χ4n) is 2.36. The summed E-state index contributed by atoms with van der Waals surface area (Å²) < 4.78 is 0. The van der Waals surface area contributed by atoms with E-state index in [9.17, 15) is 0 Å². The fourth-order valence-corrected chi connectivity index (χ4v) is 2.36. The number of unbranched alkanes of at least 4 members (excludes halogenated alkanes) is 12. The van der Waals surface area contributed by atoms with E-state index in [4.69, 9.17) is 5.11 Å². The summed E-state index contributed by atoms with van der Waals surface area (Å²) in [7, 11) is 0. The first-order valence-electron chi connectivity index (χ1n) is 8.67. The molecule has 0 aliphatic rings. The summed E-state index contributed by atoms with van der Waals surface area (Å²) in [4.78, 5) is 0. The molecule has 1 heteroatoms. The first-order valence-corrected chi connectivity index (χ1v) is 8.67. The van der Waals surface area contributed by atoms with Crippen LogP contribution in [0.4, 0.5) is 0 Å². The third-order valence-corrected chi connectivity index (χ3v) is 3.67. The Morgan fingerprint density at radius 1 is 0.632 bits per heavy atom. The molecule has 0 rings (SSSR count). The predicted molar refractivity (Wildman–Crippen MR) is 87.6 cm³/mol. The van der Waals surface area contributed by atoms with Gasteiger partial charge in [0.15, 0.2) is 0 Å². The van der Waals surface area contributed by atoms with Crippen LogP contribution in [0, 0.1) is 0 Å². The molecule has 0 aromatic rings. The highest BCUT2D eigenvalue weighted by Crippen LogP contribution is 2.09. The van der Waals surface area contributed by atoms with Crippen LogP contribution in [0.25, 0.3) is 0 Å². The van der Waals surface area contributed by atoms with Gasteiger partial charge in [0.25, 0.3) is 0 Å². The zero-order valence-electron chi connectivity index (χ0n) is 14.2. The molecule has 0 atom stereocenters. The van der Waals surface area contributed by atoms with Crippen molar-refractivity contribution >= 4 is 0 Å². The number of allylic oxidation sites excluding steroid dienone is 2. The summed E-state index contributed by atoms with van der Waals surface area (Å²) in [5, 5.41) is 8.66. The van der Waals surface area contributed by atoms with Gasteiger partial charge in [-0.25, -0.2) is 0 Å². The van der Waals surface area contributed by atoms with Crippen LogP contribution >= 0.6 is 0 Å². The van der Waals surface area contributed by atoms with Crippen molar-refractivity contribution in [2.24, 2.45) is 0 Å². The molecule has 0 radical (unpaired) electrons. The minimum atomic E-state index is 0. The molecular weight excluding hydrogens is 232 g/mol. The predicted octanol–water partition coefficient (Wildman–Crippen LogP) is 6.13. The van der Waals surface area contributed by atoms with Crippen molar-refractivity contribution in [3.8, 4) is 0 Å². The van der Waals surface area contributed by atoms with E-state index in [1.807, 2.05) is 0 Å². The maximum absolute atomic E-state index is 8.66.